The number of aromatic nitrogens is 2. The third kappa shape index (κ3) is 4.43. The molecule has 7 aromatic carbocycles. The van der Waals surface area contributed by atoms with Gasteiger partial charge in [-0.1, -0.05) is 146 Å². The highest BCUT2D eigenvalue weighted by molar-refractivity contribution is 7.85. The van der Waals surface area contributed by atoms with Crippen LogP contribution in [0.2, 0.25) is 0 Å². The molecule has 3 nitrogen and oxygen atoms in total. The molecule has 0 radical (unpaired) electrons. The Hall–Kier alpha value is -5.76. The summed E-state index contributed by atoms with van der Waals surface area (Å²) in [6, 6.07) is 60.2. The smallest absolute Gasteiger partial charge is 0.171 e. The van der Waals surface area contributed by atoms with Gasteiger partial charge in [-0.05, 0) is 58.0 Å². The molecule has 4 heteroatoms. The average molecular weight is 621 g/mol. The quantitative estimate of drug-likeness (QED) is 0.142. The van der Waals surface area contributed by atoms with Crippen molar-refractivity contribution < 1.29 is 4.57 Å². The van der Waals surface area contributed by atoms with Crippen molar-refractivity contribution in [3.8, 4) is 22.3 Å². The summed E-state index contributed by atoms with van der Waals surface area (Å²) < 4.78 is 17.1. The maximum Gasteiger partial charge on any atom is 0.171 e. The van der Waals surface area contributed by atoms with E-state index in [2.05, 4.69) is 101 Å². The minimum absolute atomic E-state index is 0.828. The number of hydrogen-bond donors (Lipinski definition) is 0. The van der Waals surface area contributed by atoms with Gasteiger partial charge in [0.05, 0.1) is 16.6 Å². The van der Waals surface area contributed by atoms with Gasteiger partial charge >= 0.3 is 0 Å². The second-order valence-corrected chi connectivity index (χ2v) is 14.7. The molecular formula is C43H29N2OP. The Morgan fingerprint density at radius 2 is 0.957 bits per heavy atom. The van der Waals surface area contributed by atoms with E-state index in [1.807, 2.05) is 78.9 Å². The van der Waals surface area contributed by atoms with Crippen LogP contribution >= 0.6 is 7.14 Å². The molecule has 0 aliphatic heterocycles. The van der Waals surface area contributed by atoms with E-state index in [-0.39, 0.29) is 0 Å². The lowest BCUT2D eigenvalue weighted by atomic mass is 9.97. The van der Waals surface area contributed by atoms with Crippen molar-refractivity contribution >= 4 is 61.4 Å². The second-order valence-electron chi connectivity index (χ2n) is 11.9. The molecule has 0 bridgehead atoms. The van der Waals surface area contributed by atoms with Crippen LogP contribution in [0.5, 0.6) is 0 Å². The van der Waals surface area contributed by atoms with Crippen molar-refractivity contribution in [1.82, 2.24) is 9.38 Å². The third-order valence-electron chi connectivity index (χ3n) is 9.26. The molecule has 222 valence electrons. The van der Waals surface area contributed by atoms with E-state index in [1.165, 1.54) is 10.8 Å². The van der Waals surface area contributed by atoms with Gasteiger partial charge in [-0.25, -0.2) is 4.98 Å². The molecule has 47 heavy (non-hydrogen) atoms. The van der Waals surface area contributed by atoms with Gasteiger partial charge in [0.25, 0.3) is 0 Å². The predicted molar refractivity (Wildman–Crippen MR) is 198 cm³/mol. The maximum absolute atomic E-state index is 14.8. The number of imidazole rings is 1. The summed E-state index contributed by atoms with van der Waals surface area (Å²) in [7, 11) is -3.02. The van der Waals surface area contributed by atoms with Crippen molar-refractivity contribution in [1.29, 1.82) is 0 Å². The normalized spacial score (nSPS) is 11.9. The van der Waals surface area contributed by atoms with E-state index in [1.54, 1.807) is 0 Å². The second kappa shape index (κ2) is 10.9. The summed E-state index contributed by atoms with van der Waals surface area (Å²) in [6.07, 6.45) is 0. The fourth-order valence-electron chi connectivity index (χ4n) is 6.96. The summed E-state index contributed by atoms with van der Waals surface area (Å²) in [4.78, 5) is 5.02. The Kier molecular flexibility index (Phi) is 6.41. The fraction of sp³-hybridized carbons (Fsp3) is 0. The molecule has 2 aromatic heterocycles. The van der Waals surface area contributed by atoms with Gasteiger partial charge in [0.15, 0.2) is 7.14 Å². The number of rotatable bonds is 5. The third-order valence-corrected chi connectivity index (χ3v) is 12.3. The van der Waals surface area contributed by atoms with E-state index in [0.717, 1.165) is 65.8 Å². The molecule has 0 saturated heterocycles. The molecule has 0 aliphatic rings. The number of para-hydroxylation sites is 2. The van der Waals surface area contributed by atoms with E-state index >= 15 is 0 Å². The first-order valence-electron chi connectivity index (χ1n) is 15.8. The van der Waals surface area contributed by atoms with Crippen molar-refractivity contribution in [2.75, 3.05) is 0 Å². The van der Waals surface area contributed by atoms with Gasteiger partial charge in [-0.15, -0.1) is 0 Å². The van der Waals surface area contributed by atoms with Crippen LogP contribution < -0.4 is 15.9 Å². The topological polar surface area (TPSA) is 34.4 Å². The van der Waals surface area contributed by atoms with Crippen molar-refractivity contribution in [3.63, 3.8) is 0 Å². The number of pyridine rings is 1. The molecule has 0 saturated carbocycles. The van der Waals surface area contributed by atoms with Crippen LogP contribution in [0.1, 0.15) is 0 Å². The van der Waals surface area contributed by atoms with Crippen LogP contribution in [0, 0.1) is 0 Å². The van der Waals surface area contributed by atoms with Crippen LogP contribution in [0.4, 0.5) is 0 Å². The minimum Gasteiger partial charge on any atom is -0.309 e. The van der Waals surface area contributed by atoms with E-state index < -0.39 is 7.14 Å². The monoisotopic (exact) mass is 620 g/mol. The molecule has 0 fully saturated rings. The predicted octanol–water partition coefficient (Wildman–Crippen LogP) is 9.77. The Balaban J connectivity index is 1.14. The molecule has 0 N–H and O–H groups in total. The Bertz CT molecular complexity index is 2600. The summed E-state index contributed by atoms with van der Waals surface area (Å²) in [6.45, 7) is 0. The van der Waals surface area contributed by atoms with Gasteiger partial charge in [-0.2, -0.15) is 0 Å². The Morgan fingerprint density at radius 3 is 1.68 bits per heavy atom. The van der Waals surface area contributed by atoms with Crippen LogP contribution in [-0.2, 0) is 4.57 Å². The minimum atomic E-state index is -3.02. The lowest BCUT2D eigenvalue weighted by Gasteiger charge is -2.20. The number of nitrogens with zero attached hydrogens (tertiary/aromatic N) is 2. The molecule has 0 unspecified atom stereocenters. The standard InChI is InChI=1S/C43H29N2OP/c46-47(34-14-3-1-4-15-34,35-16-5-2-6-17-35)36-25-22-30(23-26-36)31-12-11-13-32(28-31)33-24-27-41-39(29-33)37-18-7-8-19-38(37)43-44-40-20-9-10-21-42(40)45(41)43/h1-29H. The van der Waals surface area contributed by atoms with Crippen molar-refractivity contribution in [2.24, 2.45) is 0 Å². The highest BCUT2D eigenvalue weighted by Crippen LogP contribution is 2.43. The molecule has 0 amide bonds. The number of fused-ring (bicyclic) bond motifs is 8. The van der Waals surface area contributed by atoms with Crippen molar-refractivity contribution in [3.05, 3.63) is 176 Å². The Labute approximate surface area is 272 Å². The van der Waals surface area contributed by atoms with Gasteiger partial charge < -0.3 is 4.57 Å². The fourth-order valence-corrected chi connectivity index (χ4v) is 9.60. The summed E-state index contributed by atoms with van der Waals surface area (Å²) in [5.41, 5.74) is 8.73. The first kappa shape index (κ1) is 27.5. The maximum atomic E-state index is 14.8. The average Bonchev–Trinajstić information content (AvgIpc) is 3.55. The zero-order chi connectivity index (χ0) is 31.4. The first-order valence-corrected chi connectivity index (χ1v) is 17.5. The molecule has 0 aliphatic carbocycles. The first-order chi connectivity index (χ1) is 23.2. The van der Waals surface area contributed by atoms with E-state index in [4.69, 9.17) is 4.98 Å². The van der Waals surface area contributed by atoms with Gasteiger partial charge in [-0.3, -0.25) is 4.40 Å². The van der Waals surface area contributed by atoms with Crippen LogP contribution in [-0.4, -0.2) is 9.38 Å². The van der Waals surface area contributed by atoms with E-state index in [0.29, 0.717) is 0 Å². The molecule has 9 aromatic rings. The molecule has 0 spiro atoms. The van der Waals surface area contributed by atoms with E-state index in [9.17, 15) is 4.57 Å². The summed E-state index contributed by atoms with van der Waals surface area (Å²) in [5, 5.41) is 6.04. The zero-order valence-corrected chi connectivity index (χ0v) is 26.4. The Morgan fingerprint density at radius 1 is 0.404 bits per heavy atom. The van der Waals surface area contributed by atoms with Crippen molar-refractivity contribution in [2.45, 2.75) is 0 Å². The highest BCUT2D eigenvalue weighted by atomic mass is 31.2. The van der Waals surface area contributed by atoms with Gasteiger partial charge in [0, 0.05) is 26.7 Å². The highest BCUT2D eigenvalue weighted by Gasteiger charge is 2.29. The largest absolute Gasteiger partial charge is 0.309 e. The molecule has 2 heterocycles. The van der Waals surface area contributed by atoms with Crippen LogP contribution in [0.25, 0.3) is 60.6 Å². The number of benzene rings is 7. The molecule has 0 atom stereocenters. The number of hydrogen-bond acceptors (Lipinski definition) is 2. The zero-order valence-electron chi connectivity index (χ0n) is 25.5. The van der Waals surface area contributed by atoms with Gasteiger partial charge in [0.1, 0.15) is 5.65 Å². The van der Waals surface area contributed by atoms with Gasteiger partial charge in [0.2, 0.25) is 0 Å². The lowest BCUT2D eigenvalue weighted by Crippen LogP contribution is -2.24. The lowest BCUT2D eigenvalue weighted by molar-refractivity contribution is 0.592. The summed E-state index contributed by atoms with van der Waals surface area (Å²) >= 11 is 0. The van der Waals surface area contributed by atoms with Crippen LogP contribution in [0.15, 0.2) is 176 Å². The summed E-state index contributed by atoms with van der Waals surface area (Å²) in [5.74, 6) is 0. The molecule has 9 rings (SSSR count). The molecular weight excluding hydrogens is 591 g/mol. The van der Waals surface area contributed by atoms with Crippen LogP contribution in [0.3, 0.4) is 0 Å². The SMILES string of the molecule is O=P(c1ccccc1)(c1ccccc1)c1ccc(-c2cccc(-c3ccc4c(c3)c3ccccc3c3nc5ccccc5n43)c2)cc1.